The van der Waals surface area contributed by atoms with Gasteiger partial charge in [0.05, 0.1) is 9.77 Å². The van der Waals surface area contributed by atoms with Gasteiger partial charge in [0.2, 0.25) is 15.9 Å². The molecule has 1 aromatic carbocycles. The van der Waals surface area contributed by atoms with E-state index in [2.05, 4.69) is 15.5 Å². The van der Waals surface area contributed by atoms with E-state index >= 15 is 0 Å². The highest BCUT2D eigenvalue weighted by Crippen LogP contribution is 2.26. The minimum atomic E-state index is -3.90. The molecule has 11 heteroatoms. The van der Waals surface area contributed by atoms with Gasteiger partial charge in [0.15, 0.2) is 10.6 Å². The molecule has 1 atom stereocenters. The summed E-state index contributed by atoms with van der Waals surface area (Å²) in [7, 11) is -3.90. The summed E-state index contributed by atoms with van der Waals surface area (Å²) in [5.41, 5.74) is 0.927. The molecular formula is C17H19N5O3S3. The van der Waals surface area contributed by atoms with Crippen LogP contribution in [0.15, 0.2) is 40.6 Å². The van der Waals surface area contributed by atoms with E-state index in [1.54, 1.807) is 23.6 Å². The standard InChI is InChI=1S/C17H19N5O3S3/c1-3-11-6-7-12(9-14(11)28(18,24)25)19-16(23)10(2)22-15(20-21-17(22)26)13-5-4-8-27-13/h4-10H,3H2,1-2H3,(H,19,23)(H,21,26)(H2,18,24,25). The first kappa shape index (κ1) is 20.4. The first-order chi connectivity index (χ1) is 13.2. The number of aromatic nitrogens is 3. The van der Waals surface area contributed by atoms with E-state index in [-0.39, 0.29) is 10.8 Å². The highest BCUT2D eigenvalue weighted by atomic mass is 32.2. The third kappa shape index (κ3) is 4.07. The number of benzene rings is 1. The molecule has 148 valence electrons. The Balaban J connectivity index is 1.91. The van der Waals surface area contributed by atoms with Crippen LogP contribution in [0.2, 0.25) is 0 Å². The highest BCUT2D eigenvalue weighted by molar-refractivity contribution is 7.89. The molecule has 0 radical (unpaired) electrons. The lowest BCUT2D eigenvalue weighted by atomic mass is 10.1. The molecule has 3 aromatic rings. The predicted octanol–water partition coefficient (Wildman–Crippen LogP) is 3.08. The molecule has 0 aliphatic rings. The van der Waals surface area contributed by atoms with Gasteiger partial charge in [-0.25, -0.2) is 13.6 Å². The van der Waals surface area contributed by atoms with Gasteiger partial charge >= 0.3 is 0 Å². The third-order valence-electron chi connectivity index (χ3n) is 4.23. The van der Waals surface area contributed by atoms with Crippen LogP contribution in [0.3, 0.4) is 0 Å². The molecule has 0 bridgehead atoms. The average molecular weight is 438 g/mol. The molecule has 0 spiro atoms. The van der Waals surface area contributed by atoms with Crippen molar-refractivity contribution in [3.63, 3.8) is 0 Å². The number of aryl methyl sites for hydroxylation is 1. The fraction of sp³-hybridized carbons (Fsp3) is 0.235. The first-order valence-corrected chi connectivity index (χ1v) is 11.2. The molecule has 2 heterocycles. The molecule has 0 aliphatic carbocycles. The average Bonchev–Trinajstić information content (AvgIpc) is 3.29. The largest absolute Gasteiger partial charge is 0.324 e. The molecule has 28 heavy (non-hydrogen) atoms. The number of anilines is 1. The number of thiophene rings is 1. The van der Waals surface area contributed by atoms with Crippen LogP contribution >= 0.6 is 23.6 Å². The van der Waals surface area contributed by atoms with E-state index in [9.17, 15) is 13.2 Å². The van der Waals surface area contributed by atoms with Gasteiger partial charge in [-0.2, -0.15) is 5.10 Å². The molecule has 1 unspecified atom stereocenters. The van der Waals surface area contributed by atoms with E-state index in [4.69, 9.17) is 17.4 Å². The van der Waals surface area contributed by atoms with Crippen molar-refractivity contribution in [2.24, 2.45) is 5.14 Å². The number of hydrogen-bond donors (Lipinski definition) is 3. The van der Waals surface area contributed by atoms with Crippen LogP contribution in [0.1, 0.15) is 25.5 Å². The topological polar surface area (TPSA) is 123 Å². The van der Waals surface area contributed by atoms with Gasteiger partial charge < -0.3 is 5.32 Å². The molecule has 0 saturated heterocycles. The second-order valence-corrected chi connectivity index (χ2v) is 8.95. The summed E-state index contributed by atoms with van der Waals surface area (Å²) < 4.78 is 25.6. The lowest BCUT2D eigenvalue weighted by Crippen LogP contribution is -2.24. The molecule has 2 aromatic heterocycles. The normalized spacial score (nSPS) is 12.7. The fourth-order valence-electron chi connectivity index (χ4n) is 2.80. The summed E-state index contributed by atoms with van der Waals surface area (Å²) in [6.07, 6.45) is 0.505. The maximum atomic E-state index is 12.8. The SMILES string of the molecule is CCc1ccc(NC(=O)C(C)n2c(-c3cccs3)n[nH]c2=S)cc1S(N)(=O)=O. The second-order valence-electron chi connectivity index (χ2n) is 6.09. The molecule has 1 amide bonds. The van der Waals surface area contributed by atoms with E-state index in [0.717, 1.165) is 4.88 Å². The van der Waals surface area contributed by atoms with Crippen LogP contribution in [-0.4, -0.2) is 29.1 Å². The molecule has 8 nitrogen and oxygen atoms in total. The van der Waals surface area contributed by atoms with Crippen molar-refractivity contribution in [2.45, 2.75) is 31.2 Å². The number of nitrogens with one attached hydrogen (secondary N) is 2. The first-order valence-electron chi connectivity index (χ1n) is 8.39. The van der Waals surface area contributed by atoms with Gasteiger partial charge in [-0.15, -0.1) is 11.3 Å². The Morgan fingerprint density at radius 2 is 2.18 bits per heavy atom. The van der Waals surface area contributed by atoms with Crippen molar-refractivity contribution in [3.8, 4) is 10.7 Å². The van der Waals surface area contributed by atoms with Crippen LogP contribution in [0, 0.1) is 4.77 Å². The summed E-state index contributed by atoms with van der Waals surface area (Å²) in [5, 5.41) is 16.9. The predicted molar refractivity (Wildman–Crippen MR) is 111 cm³/mol. The van der Waals surface area contributed by atoms with Crippen molar-refractivity contribution in [1.29, 1.82) is 0 Å². The number of H-pyrrole nitrogens is 1. The van der Waals surface area contributed by atoms with Crippen molar-refractivity contribution < 1.29 is 13.2 Å². The van der Waals surface area contributed by atoms with Gasteiger partial charge in [0.25, 0.3) is 0 Å². The molecule has 0 aliphatic heterocycles. The van der Waals surface area contributed by atoms with Crippen LogP contribution in [-0.2, 0) is 21.2 Å². The summed E-state index contributed by atoms with van der Waals surface area (Å²) >= 11 is 6.77. The summed E-state index contributed by atoms with van der Waals surface area (Å²) in [6.45, 7) is 3.52. The minimum Gasteiger partial charge on any atom is -0.324 e. The number of carbonyl (C=O) groups excluding carboxylic acids is 1. The minimum absolute atomic E-state index is 0.000324. The summed E-state index contributed by atoms with van der Waals surface area (Å²) in [5.74, 6) is 0.203. The van der Waals surface area contributed by atoms with E-state index in [1.165, 1.54) is 17.4 Å². The maximum Gasteiger partial charge on any atom is 0.247 e. The third-order valence-corrected chi connectivity index (χ3v) is 6.38. The van der Waals surface area contributed by atoms with Gasteiger partial charge in [-0.1, -0.05) is 19.1 Å². The number of nitrogens with zero attached hydrogens (tertiary/aromatic N) is 2. The molecule has 3 rings (SSSR count). The number of hydrogen-bond acceptors (Lipinski definition) is 6. The van der Waals surface area contributed by atoms with Crippen LogP contribution < -0.4 is 10.5 Å². The number of amides is 1. The van der Waals surface area contributed by atoms with Gasteiger partial charge in [0.1, 0.15) is 6.04 Å². The zero-order valence-electron chi connectivity index (χ0n) is 15.2. The Kier molecular flexibility index (Phi) is 5.79. The van der Waals surface area contributed by atoms with Gasteiger partial charge in [-0.05, 0) is 54.7 Å². The zero-order valence-corrected chi connectivity index (χ0v) is 17.6. The fourth-order valence-corrected chi connectivity index (χ4v) is 4.67. The van der Waals surface area contributed by atoms with Crippen molar-refractivity contribution in [1.82, 2.24) is 14.8 Å². The Hall–Kier alpha value is -2.34. The number of primary sulfonamides is 1. The zero-order chi connectivity index (χ0) is 20.5. The maximum absolute atomic E-state index is 12.8. The Morgan fingerprint density at radius 1 is 1.43 bits per heavy atom. The second kappa shape index (κ2) is 7.95. The van der Waals surface area contributed by atoms with Crippen LogP contribution in [0.4, 0.5) is 5.69 Å². The van der Waals surface area contributed by atoms with E-state index in [0.29, 0.717) is 28.3 Å². The quantitative estimate of drug-likeness (QED) is 0.512. The van der Waals surface area contributed by atoms with Gasteiger partial charge in [0, 0.05) is 5.69 Å². The van der Waals surface area contributed by atoms with Crippen molar-refractivity contribution >= 4 is 45.2 Å². The molecule has 4 N–H and O–H groups in total. The van der Waals surface area contributed by atoms with Crippen molar-refractivity contribution in [2.75, 3.05) is 5.32 Å². The number of rotatable bonds is 6. The summed E-state index contributed by atoms with van der Waals surface area (Å²) in [6, 6.07) is 7.75. The van der Waals surface area contributed by atoms with E-state index < -0.39 is 16.1 Å². The number of aromatic amines is 1. The Bertz CT molecular complexity index is 1160. The van der Waals surface area contributed by atoms with Crippen LogP contribution in [0.5, 0.6) is 0 Å². The smallest absolute Gasteiger partial charge is 0.247 e. The number of nitrogens with two attached hydrogens (primary N) is 1. The number of sulfonamides is 1. The molecule has 0 saturated carbocycles. The Labute approximate surface area is 171 Å². The van der Waals surface area contributed by atoms with Gasteiger partial charge in [-0.3, -0.25) is 14.5 Å². The molecular weight excluding hydrogens is 418 g/mol. The Morgan fingerprint density at radius 3 is 2.79 bits per heavy atom. The van der Waals surface area contributed by atoms with Crippen LogP contribution in [0.25, 0.3) is 10.7 Å². The van der Waals surface area contributed by atoms with E-state index in [1.807, 2.05) is 24.4 Å². The highest BCUT2D eigenvalue weighted by Gasteiger charge is 2.22. The summed E-state index contributed by atoms with van der Waals surface area (Å²) in [4.78, 5) is 13.7. The molecule has 0 fully saturated rings. The van der Waals surface area contributed by atoms with Crippen molar-refractivity contribution in [3.05, 3.63) is 46.0 Å². The number of carbonyl (C=O) groups is 1. The lowest BCUT2D eigenvalue weighted by Gasteiger charge is -2.16. The monoisotopic (exact) mass is 437 g/mol. The lowest BCUT2D eigenvalue weighted by molar-refractivity contribution is -0.118.